The molecule has 1 aromatic heterocycles. The summed E-state index contributed by atoms with van der Waals surface area (Å²) >= 11 is 3.64. The van der Waals surface area contributed by atoms with Crippen molar-refractivity contribution in [3.05, 3.63) is 34.4 Å². The number of para-hydroxylation sites is 1. The number of rotatable bonds is 3. The fourth-order valence-electron chi connectivity index (χ4n) is 1.93. The first-order valence-electron chi connectivity index (χ1n) is 5.19. The lowest BCUT2D eigenvalue weighted by Crippen LogP contribution is -2.06. The molecular weight excluding hydrogens is 252 g/mol. The summed E-state index contributed by atoms with van der Waals surface area (Å²) in [7, 11) is 0. The predicted molar refractivity (Wildman–Crippen MR) is 68.0 cm³/mol. The van der Waals surface area contributed by atoms with Gasteiger partial charge in [-0.05, 0) is 41.9 Å². The summed E-state index contributed by atoms with van der Waals surface area (Å²) < 4.78 is 3.53. The molecule has 2 aromatic rings. The fraction of sp³-hybridized carbons (Fsp3) is 0.333. The molecule has 1 aromatic carbocycles. The van der Waals surface area contributed by atoms with Crippen LogP contribution in [-0.4, -0.2) is 11.1 Å². The van der Waals surface area contributed by atoms with Gasteiger partial charge in [0.25, 0.3) is 0 Å². The molecule has 1 heterocycles. The number of aromatic nitrogens is 1. The largest absolute Gasteiger partial charge is 0.344 e. The average Bonchev–Trinajstić information content (AvgIpc) is 2.51. The number of nitrogens with zero attached hydrogens (tertiary/aromatic N) is 1. The summed E-state index contributed by atoms with van der Waals surface area (Å²) in [6.07, 6.45) is 1.02. The lowest BCUT2D eigenvalue weighted by atomic mass is 10.2. The first-order valence-corrected chi connectivity index (χ1v) is 5.98. The van der Waals surface area contributed by atoms with Gasteiger partial charge in [0.05, 0.1) is 0 Å². The van der Waals surface area contributed by atoms with Crippen molar-refractivity contribution in [1.29, 1.82) is 0 Å². The maximum atomic E-state index is 5.55. The number of nitrogens with two attached hydrogens (primary N) is 1. The molecule has 0 saturated carbocycles. The van der Waals surface area contributed by atoms with E-state index in [1.807, 2.05) is 0 Å². The normalized spacial score (nSPS) is 11.1. The third-order valence-electron chi connectivity index (χ3n) is 2.74. The lowest BCUT2D eigenvalue weighted by Gasteiger charge is -2.06. The van der Waals surface area contributed by atoms with Crippen LogP contribution in [0.5, 0.6) is 0 Å². The van der Waals surface area contributed by atoms with Crippen LogP contribution in [0.4, 0.5) is 0 Å². The number of hydrogen-bond donors (Lipinski definition) is 1. The molecule has 0 atom stereocenters. The van der Waals surface area contributed by atoms with Crippen LogP contribution in [0.25, 0.3) is 10.9 Å². The Labute approximate surface area is 98.2 Å². The molecule has 0 fully saturated rings. The minimum atomic E-state index is 0.740. The van der Waals surface area contributed by atoms with Gasteiger partial charge in [-0.25, -0.2) is 0 Å². The number of benzene rings is 1. The quantitative estimate of drug-likeness (QED) is 0.910. The summed E-state index contributed by atoms with van der Waals surface area (Å²) in [5, 5.41) is 1.28. The molecule has 3 heteroatoms. The van der Waals surface area contributed by atoms with Crippen LogP contribution in [0.1, 0.15) is 12.1 Å². The van der Waals surface area contributed by atoms with Gasteiger partial charge in [-0.1, -0.05) is 18.2 Å². The van der Waals surface area contributed by atoms with Gasteiger partial charge < -0.3 is 10.3 Å². The van der Waals surface area contributed by atoms with Crippen LogP contribution in [0.3, 0.4) is 0 Å². The Morgan fingerprint density at radius 2 is 2.07 bits per heavy atom. The van der Waals surface area contributed by atoms with Gasteiger partial charge in [0.15, 0.2) is 0 Å². The second-order valence-corrected chi connectivity index (χ2v) is 4.50. The minimum absolute atomic E-state index is 0.740. The topological polar surface area (TPSA) is 30.9 Å². The van der Waals surface area contributed by atoms with Crippen molar-refractivity contribution >= 4 is 26.8 Å². The van der Waals surface area contributed by atoms with Crippen LogP contribution in [0.15, 0.2) is 28.7 Å². The van der Waals surface area contributed by atoms with E-state index in [-0.39, 0.29) is 0 Å². The van der Waals surface area contributed by atoms with Gasteiger partial charge in [-0.3, -0.25) is 0 Å². The molecule has 2 N–H and O–H groups in total. The Morgan fingerprint density at radius 1 is 1.33 bits per heavy atom. The Morgan fingerprint density at radius 3 is 2.80 bits per heavy atom. The molecule has 0 bridgehead atoms. The number of aryl methyl sites for hydroxylation is 1. The molecule has 0 amide bonds. The number of fused-ring (bicyclic) bond motifs is 1. The maximum absolute atomic E-state index is 5.55. The van der Waals surface area contributed by atoms with Crippen molar-refractivity contribution in [3.63, 3.8) is 0 Å². The van der Waals surface area contributed by atoms with E-state index in [0.29, 0.717) is 0 Å². The summed E-state index contributed by atoms with van der Waals surface area (Å²) in [4.78, 5) is 0. The number of halogens is 1. The van der Waals surface area contributed by atoms with Gasteiger partial charge in [0.2, 0.25) is 0 Å². The zero-order valence-electron chi connectivity index (χ0n) is 8.83. The van der Waals surface area contributed by atoms with Crippen molar-refractivity contribution in [2.24, 2.45) is 5.73 Å². The highest BCUT2D eigenvalue weighted by Crippen LogP contribution is 2.30. The smallest absolute Gasteiger partial charge is 0.0494 e. The van der Waals surface area contributed by atoms with E-state index in [0.717, 1.165) is 19.5 Å². The van der Waals surface area contributed by atoms with E-state index in [9.17, 15) is 0 Å². The van der Waals surface area contributed by atoms with Crippen LogP contribution < -0.4 is 5.73 Å². The van der Waals surface area contributed by atoms with E-state index >= 15 is 0 Å². The van der Waals surface area contributed by atoms with Gasteiger partial charge >= 0.3 is 0 Å². The molecule has 0 aliphatic heterocycles. The molecule has 2 nitrogen and oxygen atoms in total. The number of hydrogen-bond acceptors (Lipinski definition) is 1. The Balaban J connectivity index is 2.56. The summed E-state index contributed by atoms with van der Waals surface area (Å²) in [5.41, 5.74) is 8.12. The van der Waals surface area contributed by atoms with Crippen LogP contribution in [0.2, 0.25) is 0 Å². The van der Waals surface area contributed by atoms with Gasteiger partial charge in [0.1, 0.15) is 0 Å². The van der Waals surface area contributed by atoms with Gasteiger partial charge in [-0.2, -0.15) is 0 Å². The van der Waals surface area contributed by atoms with Crippen molar-refractivity contribution in [2.45, 2.75) is 19.9 Å². The Kier molecular flexibility index (Phi) is 3.12. The van der Waals surface area contributed by atoms with Crippen molar-refractivity contribution in [2.75, 3.05) is 6.54 Å². The average molecular weight is 267 g/mol. The highest BCUT2D eigenvalue weighted by atomic mass is 79.9. The molecular formula is C12H15BrN2. The van der Waals surface area contributed by atoms with E-state index in [1.54, 1.807) is 0 Å². The predicted octanol–water partition coefficient (Wildman–Crippen LogP) is 3.06. The Hall–Kier alpha value is -0.800. The second kappa shape index (κ2) is 4.37. The second-order valence-electron chi connectivity index (χ2n) is 3.71. The SMILES string of the molecule is Cc1c(Br)c2ccccc2n1CCCN. The van der Waals surface area contributed by atoms with E-state index in [2.05, 4.69) is 51.7 Å². The lowest BCUT2D eigenvalue weighted by molar-refractivity contribution is 0.655. The van der Waals surface area contributed by atoms with Crippen molar-refractivity contribution in [1.82, 2.24) is 4.57 Å². The van der Waals surface area contributed by atoms with Crippen molar-refractivity contribution < 1.29 is 0 Å². The minimum Gasteiger partial charge on any atom is -0.344 e. The first-order chi connectivity index (χ1) is 7.25. The highest BCUT2D eigenvalue weighted by molar-refractivity contribution is 9.10. The molecule has 0 spiro atoms. The Bertz CT molecular complexity index is 474. The molecule has 0 radical (unpaired) electrons. The molecule has 0 saturated heterocycles. The van der Waals surface area contributed by atoms with Crippen molar-refractivity contribution in [3.8, 4) is 0 Å². The third kappa shape index (κ3) is 1.82. The van der Waals surface area contributed by atoms with Crippen LogP contribution in [-0.2, 0) is 6.54 Å². The fourth-order valence-corrected chi connectivity index (χ4v) is 2.48. The maximum Gasteiger partial charge on any atom is 0.0494 e. The molecule has 0 aliphatic carbocycles. The van der Waals surface area contributed by atoms with Gasteiger partial charge in [-0.15, -0.1) is 0 Å². The summed E-state index contributed by atoms with van der Waals surface area (Å²) in [6.45, 7) is 3.87. The zero-order valence-corrected chi connectivity index (χ0v) is 10.4. The monoisotopic (exact) mass is 266 g/mol. The summed E-state index contributed by atoms with van der Waals surface area (Å²) in [5.74, 6) is 0. The molecule has 0 unspecified atom stereocenters. The van der Waals surface area contributed by atoms with Gasteiger partial charge in [0, 0.05) is 27.6 Å². The van der Waals surface area contributed by atoms with Crippen LogP contribution >= 0.6 is 15.9 Å². The standard InChI is InChI=1S/C12H15BrN2/c1-9-12(13)10-5-2-3-6-11(10)15(9)8-4-7-14/h2-3,5-6H,4,7-8,14H2,1H3. The first kappa shape index (κ1) is 10.7. The zero-order chi connectivity index (χ0) is 10.8. The molecule has 15 heavy (non-hydrogen) atoms. The van der Waals surface area contributed by atoms with Crippen LogP contribution in [0, 0.1) is 6.92 Å². The van der Waals surface area contributed by atoms with E-state index < -0.39 is 0 Å². The molecule has 80 valence electrons. The summed E-state index contributed by atoms with van der Waals surface area (Å²) in [6, 6.07) is 8.45. The van der Waals surface area contributed by atoms with E-state index in [1.165, 1.54) is 21.1 Å². The van der Waals surface area contributed by atoms with E-state index in [4.69, 9.17) is 5.73 Å². The molecule has 2 rings (SSSR count). The third-order valence-corrected chi connectivity index (χ3v) is 3.74. The highest BCUT2D eigenvalue weighted by Gasteiger charge is 2.10. The molecule has 0 aliphatic rings.